The maximum Gasteiger partial charge on any atom is 0.408 e. The second kappa shape index (κ2) is 15.4. The number of carbonyl (C=O) groups excluding carboxylic acids is 4. The van der Waals surface area contributed by atoms with Gasteiger partial charge in [0.1, 0.15) is 12.6 Å². The van der Waals surface area contributed by atoms with Crippen LogP contribution in [-0.2, 0) is 40.6 Å². The third kappa shape index (κ3) is 11.2. The molecule has 0 aliphatic carbocycles. The Morgan fingerprint density at radius 2 is 1.85 bits per heavy atom. The molecule has 218 valence electrons. The van der Waals surface area contributed by atoms with E-state index in [0.29, 0.717) is 25.8 Å². The van der Waals surface area contributed by atoms with Crippen LogP contribution in [0, 0.1) is 11.8 Å². The molecule has 1 aliphatic rings. The number of amides is 3. The van der Waals surface area contributed by atoms with E-state index in [0.717, 1.165) is 5.56 Å². The van der Waals surface area contributed by atoms with Crippen molar-refractivity contribution in [1.29, 1.82) is 0 Å². The van der Waals surface area contributed by atoms with Crippen LogP contribution in [0.25, 0.3) is 0 Å². The largest absolute Gasteiger partial charge is 0.445 e. The van der Waals surface area contributed by atoms with Gasteiger partial charge in [0.2, 0.25) is 17.3 Å². The molecular formula is C26H39N3O9S. The van der Waals surface area contributed by atoms with Gasteiger partial charge in [-0.05, 0) is 37.2 Å². The Kier molecular flexibility index (Phi) is 12.7. The highest BCUT2D eigenvalue weighted by atomic mass is 32.2. The Bertz CT molecular complexity index is 1080. The Morgan fingerprint density at radius 1 is 1.15 bits per heavy atom. The minimum Gasteiger partial charge on any atom is -0.445 e. The summed E-state index contributed by atoms with van der Waals surface area (Å²) in [5, 5.41) is 7.64. The number of benzene rings is 1. The summed E-state index contributed by atoms with van der Waals surface area (Å²) >= 11 is 0. The molecule has 4 N–H and O–H groups in total. The van der Waals surface area contributed by atoms with Gasteiger partial charge < -0.3 is 25.4 Å². The minimum atomic E-state index is -5.00. The molecule has 1 fully saturated rings. The lowest BCUT2D eigenvalue weighted by atomic mass is 9.97. The quantitative estimate of drug-likeness (QED) is 0.182. The average Bonchev–Trinajstić information content (AvgIpc) is 3.27. The molecule has 0 spiro atoms. The third-order valence-electron chi connectivity index (χ3n) is 6.16. The molecule has 0 saturated carbocycles. The van der Waals surface area contributed by atoms with E-state index in [1.54, 1.807) is 24.3 Å². The molecule has 2 rings (SSSR count). The first kappa shape index (κ1) is 32.0. The van der Waals surface area contributed by atoms with Crippen LogP contribution in [0.4, 0.5) is 4.79 Å². The van der Waals surface area contributed by atoms with Crippen molar-refractivity contribution < 1.29 is 41.6 Å². The summed E-state index contributed by atoms with van der Waals surface area (Å²) in [6.45, 7) is 5.83. The molecule has 1 heterocycles. The molecule has 12 nitrogen and oxygen atoms in total. The van der Waals surface area contributed by atoms with E-state index in [1.165, 1.54) is 0 Å². The number of carbonyl (C=O) groups is 4. The summed E-state index contributed by atoms with van der Waals surface area (Å²) in [4.78, 5) is 50.4. The molecule has 1 aromatic rings. The van der Waals surface area contributed by atoms with Gasteiger partial charge in [0, 0.05) is 18.9 Å². The highest BCUT2D eigenvalue weighted by molar-refractivity contribution is 7.86. The zero-order chi connectivity index (χ0) is 29.0. The number of hydrogen-bond acceptors (Lipinski definition) is 8. The third-order valence-corrected chi connectivity index (χ3v) is 7.17. The maximum atomic E-state index is 13.3. The first-order chi connectivity index (χ1) is 18.4. The fourth-order valence-electron chi connectivity index (χ4n) is 4.17. The summed E-state index contributed by atoms with van der Waals surface area (Å²) in [5.41, 5.74) is -1.39. The number of rotatable bonds is 15. The first-order valence-electron chi connectivity index (χ1n) is 13.1. The van der Waals surface area contributed by atoms with E-state index >= 15 is 0 Å². The highest BCUT2D eigenvalue weighted by Gasteiger charge is 2.41. The molecule has 13 heteroatoms. The molecular weight excluding hydrogens is 530 g/mol. The van der Waals surface area contributed by atoms with E-state index < -0.39 is 51.5 Å². The Morgan fingerprint density at radius 3 is 2.41 bits per heavy atom. The summed E-state index contributed by atoms with van der Waals surface area (Å²) < 4.78 is 44.9. The summed E-state index contributed by atoms with van der Waals surface area (Å²) in [6, 6.07) is 6.35. The molecule has 1 aliphatic heterocycles. The predicted octanol–water partition coefficient (Wildman–Crippen LogP) is 2.29. The zero-order valence-electron chi connectivity index (χ0n) is 22.6. The van der Waals surface area contributed by atoms with E-state index in [1.807, 2.05) is 26.8 Å². The Balaban J connectivity index is 2.23. The van der Waals surface area contributed by atoms with E-state index in [9.17, 15) is 32.1 Å². The normalized spacial score (nSPS) is 17.6. The standard InChI is InChI=1S/C26H39N3O9S/c1-4-5-11-22(30)38-25(39(34,35)36)21(15-19-12-13-27-23(19)31)28-24(32)20(14-17(2)3)29-26(33)37-16-18-9-7-6-8-10-18/h6-10,17,19-21,25H,4-5,11-16H2,1-3H3,(H,27,31)(H,28,32)(H,29,33)(H,34,35,36)/t19-,20-,21-,25?/m0/s1. The van der Waals surface area contributed by atoms with E-state index in [2.05, 4.69) is 16.0 Å². The van der Waals surface area contributed by atoms with Crippen LogP contribution >= 0.6 is 0 Å². The molecule has 0 aromatic heterocycles. The van der Waals surface area contributed by atoms with Gasteiger partial charge in [-0.2, -0.15) is 8.42 Å². The molecule has 1 saturated heterocycles. The van der Waals surface area contributed by atoms with Crippen LogP contribution in [0.2, 0.25) is 0 Å². The van der Waals surface area contributed by atoms with Crippen molar-refractivity contribution in [2.24, 2.45) is 11.8 Å². The second-order valence-electron chi connectivity index (χ2n) is 9.99. The van der Waals surface area contributed by atoms with Crippen LogP contribution in [0.5, 0.6) is 0 Å². The van der Waals surface area contributed by atoms with Crippen molar-refractivity contribution in [2.75, 3.05) is 6.54 Å². The number of unbranched alkanes of at least 4 members (excludes halogenated alkanes) is 1. The van der Waals surface area contributed by atoms with E-state index in [-0.39, 0.29) is 37.7 Å². The van der Waals surface area contributed by atoms with Crippen LogP contribution in [0.1, 0.15) is 64.9 Å². The van der Waals surface area contributed by atoms with Crippen LogP contribution in [0.3, 0.4) is 0 Å². The van der Waals surface area contributed by atoms with Crippen LogP contribution < -0.4 is 16.0 Å². The number of ether oxygens (including phenoxy) is 2. The molecule has 0 bridgehead atoms. The topological polar surface area (TPSA) is 177 Å². The fourth-order valence-corrected chi connectivity index (χ4v) is 4.99. The van der Waals surface area contributed by atoms with Gasteiger partial charge in [-0.25, -0.2) is 4.79 Å². The molecule has 0 radical (unpaired) electrons. The lowest BCUT2D eigenvalue weighted by molar-refractivity contribution is -0.148. The molecule has 1 aromatic carbocycles. The monoisotopic (exact) mass is 569 g/mol. The average molecular weight is 570 g/mol. The van der Waals surface area contributed by atoms with Gasteiger partial charge in [0.15, 0.2) is 0 Å². The Hall–Kier alpha value is -3.19. The minimum absolute atomic E-state index is 0.0271. The van der Waals surface area contributed by atoms with Crippen molar-refractivity contribution in [2.45, 2.75) is 83.4 Å². The smallest absolute Gasteiger partial charge is 0.408 e. The molecule has 39 heavy (non-hydrogen) atoms. The highest BCUT2D eigenvalue weighted by Crippen LogP contribution is 2.22. The van der Waals surface area contributed by atoms with Crippen molar-refractivity contribution in [3.8, 4) is 0 Å². The lowest BCUT2D eigenvalue weighted by Crippen LogP contribution is -2.55. The van der Waals surface area contributed by atoms with Gasteiger partial charge in [-0.1, -0.05) is 57.5 Å². The van der Waals surface area contributed by atoms with Gasteiger partial charge in [-0.3, -0.25) is 18.9 Å². The van der Waals surface area contributed by atoms with Crippen LogP contribution in [-0.4, -0.2) is 60.9 Å². The lowest BCUT2D eigenvalue weighted by Gasteiger charge is -2.29. The number of esters is 1. The van der Waals surface area contributed by atoms with Gasteiger partial charge >= 0.3 is 22.2 Å². The van der Waals surface area contributed by atoms with E-state index in [4.69, 9.17) is 9.47 Å². The molecule has 1 unspecified atom stereocenters. The van der Waals surface area contributed by atoms with Crippen LogP contribution in [0.15, 0.2) is 30.3 Å². The van der Waals surface area contributed by atoms with Crippen molar-refractivity contribution in [1.82, 2.24) is 16.0 Å². The summed E-state index contributed by atoms with van der Waals surface area (Å²) in [5.74, 6) is -2.72. The summed E-state index contributed by atoms with van der Waals surface area (Å²) in [6.07, 6.45) is 0.473. The predicted molar refractivity (Wildman–Crippen MR) is 142 cm³/mol. The van der Waals surface area contributed by atoms with Crippen molar-refractivity contribution in [3.63, 3.8) is 0 Å². The zero-order valence-corrected chi connectivity index (χ0v) is 23.4. The molecule has 4 atom stereocenters. The second-order valence-corrected chi connectivity index (χ2v) is 11.5. The number of nitrogens with one attached hydrogen (secondary N) is 3. The van der Waals surface area contributed by atoms with Gasteiger partial charge in [0.05, 0.1) is 6.04 Å². The molecule has 3 amide bonds. The number of alkyl carbamates (subject to hydrolysis) is 1. The maximum absolute atomic E-state index is 13.3. The fraction of sp³-hybridized carbons (Fsp3) is 0.615. The number of hydrogen-bond donors (Lipinski definition) is 4. The van der Waals surface area contributed by atoms with Crippen molar-refractivity contribution in [3.05, 3.63) is 35.9 Å². The van der Waals surface area contributed by atoms with Gasteiger partial charge in [0.25, 0.3) is 0 Å². The first-order valence-corrected chi connectivity index (χ1v) is 14.6. The SMILES string of the molecule is CCCCC(=O)OC([C@H](C[C@@H]1CCNC1=O)NC(=O)[C@H](CC(C)C)NC(=O)OCc1ccccc1)S(=O)(=O)O. The van der Waals surface area contributed by atoms with Gasteiger partial charge in [-0.15, -0.1) is 0 Å². The summed E-state index contributed by atoms with van der Waals surface area (Å²) in [7, 11) is -5.00. The van der Waals surface area contributed by atoms with Crippen molar-refractivity contribution >= 4 is 34.0 Å². The Labute approximate surface area is 229 Å².